The number of hydrogen-bond acceptors (Lipinski definition) is 5. The lowest BCUT2D eigenvalue weighted by Crippen LogP contribution is -2.37. The van der Waals surface area contributed by atoms with Gasteiger partial charge >= 0.3 is 5.69 Å². The van der Waals surface area contributed by atoms with Crippen molar-refractivity contribution in [2.45, 2.75) is 31.5 Å². The number of aliphatic hydroxyl groups is 2. The Bertz CT molecular complexity index is 554. The van der Waals surface area contributed by atoms with Crippen LogP contribution >= 0.6 is 0 Å². The molecule has 18 heavy (non-hydrogen) atoms. The molecule has 0 amide bonds. The van der Waals surface area contributed by atoms with E-state index in [9.17, 15) is 19.1 Å². The molecule has 0 saturated carbocycles. The molecule has 1 aromatic rings. The van der Waals surface area contributed by atoms with Gasteiger partial charge in [0, 0.05) is 11.8 Å². The normalized spacial score (nSPS) is 31.8. The number of nitrogens with zero attached hydrogens (tertiary/aromatic N) is 1. The van der Waals surface area contributed by atoms with Gasteiger partial charge in [-0.15, -0.1) is 0 Å². The van der Waals surface area contributed by atoms with E-state index < -0.39 is 42.5 Å². The van der Waals surface area contributed by atoms with Gasteiger partial charge in [0.2, 0.25) is 0 Å². The summed E-state index contributed by atoms with van der Waals surface area (Å²) in [6.45, 7) is 0.859. The zero-order valence-corrected chi connectivity index (χ0v) is 9.54. The van der Waals surface area contributed by atoms with Gasteiger partial charge in [0.15, 0.2) is 12.4 Å². The van der Waals surface area contributed by atoms with Crippen LogP contribution in [0.25, 0.3) is 0 Å². The van der Waals surface area contributed by atoms with Crippen LogP contribution in [0, 0.1) is 6.92 Å². The molecule has 3 N–H and O–H groups in total. The first-order valence-corrected chi connectivity index (χ1v) is 5.36. The van der Waals surface area contributed by atoms with E-state index in [-0.39, 0.29) is 5.56 Å². The highest BCUT2D eigenvalue weighted by Crippen LogP contribution is 2.30. The van der Waals surface area contributed by atoms with Gasteiger partial charge < -0.3 is 14.9 Å². The number of ether oxygens (including phenoxy) is 1. The van der Waals surface area contributed by atoms with Crippen molar-refractivity contribution in [1.82, 2.24) is 9.55 Å². The average molecular weight is 260 g/mol. The third-order valence-electron chi connectivity index (χ3n) is 2.89. The molecule has 0 bridgehead atoms. The van der Waals surface area contributed by atoms with Gasteiger partial charge in [0.1, 0.15) is 12.2 Å². The van der Waals surface area contributed by atoms with Crippen LogP contribution < -0.4 is 11.2 Å². The minimum Gasteiger partial charge on any atom is -0.394 e. The fourth-order valence-corrected chi connectivity index (χ4v) is 1.86. The molecule has 2 rings (SSSR count). The molecule has 0 radical (unpaired) electrons. The largest absolute Gasteiger partial charge is 0.394 e. The fourth-order valence-electron chi connectivity index (χ4n) is 1.86. The standard InChI is InChI=1S/C10H13FN2O5/c1-4-2-13(10(17)12-8(4)16)9-7(15)6(11)5(3-14)18-9/h2,5-7,9,14-15H,3H2,1H3,(H,12,16,17)/t5?,6-,7-,9?/m1/s1. The van der Waals surface area contributed by atoms with Gasteiger partial charge in [-0.05, 0) is 6.92 Å². The molecule has 0 spiro atoms. The predicted molar refractivity (Wildman–Crippen MR) is 58.0 cm³/mol. The molecule has 2 unspecified atom stereocenters. The second-order valence-electron chi connectivity index (χ2n) is 4.16. The summed E-state index contributed by atoms with van der Waals surface area (Å²) >= 11 is 0. The van der Waals surface area contributed by atoms with Crippen LogP contribution in [-0.4, -0.2) is 44.8 Å². The van der Waals surface area contributed by atoms with Crippen LogP contribution in [0.5, 0.6) is 0 Å². The Morgan fingerprint density at radius 1 is 1.56 bits per heavy atom. The molecule has 1 aliphatic rings. The Morgan fingerprint density at radius 2 is 2.22 bits per heavy atom. The molecule has 1 aromatic heterocycles. The predicted octanol–water partition coefficient (Wildman–Crippen LogP) is -1.57. The van der Waals surface area contributed by atoms with Gasteiger partial charge in [-0.1, -0.05) is 0 Å². The van der Waals surface area contributed by atoms with Crippen molar-refractivity contribution in [2.24, 2.45) is 0 Å². The summed E-state index contributed by atoms with van der Waals surface area (Å²) in [5.41, 5.74) is -1.13. The van der Waals surface area contributed by atoms with Crippen molar-refractivity contribution in [3.8, 4) is 0 Å². The Morgan fingerprint density at radius 3 is 2.78 bits per heavy atom. The highest BCUT2D eigenvalue weighted by Gasteiger charge is 2.45. The Labute approximate surface area is 100 Å². The zero-order chi connectivity index (χ0) is 13.4. The molecule has 0 aliphatic carbocycles. The number of H-pyrrole nitrogens is 1. The zero-order valence-electron chi connectivity index (χ0n) is 9.54. The van der Waals surface area contributed by atoms with Crippen LogP contribution in [-0.2, 0) is 4.74 Å². The van der Waals surface area contributed by atoms with E-state index in [0.717, 1.165) is 4.57 Å². The molecule has 100 valence electrons. The average Bonchev–Trinajstić information content (AvgIpc) is 2.61. The molecule has 2 heterocycles. The van der Waals surface area contributed by atoms with Crippen molar-refractivity contribution >= 4 is 0 Å². The highest BCUT2D eigenvalue weighted by atomic mass is 19.1. The minimum absolute atomic E-state index is 0.230. The molecule has 1 saturated heterocycles. The van der Waals surface area contributed by atoms with Crippen LogP contribution in [0.1, 0.15) is 11.8 Å². The van der Waals surface area contributed by atoms with Gasteiger partial charge in [0.25, 0.3) is 5.56 Å². The summed E-state index contributed by atoms with van der Waals surface area (Å²) in [7, 11) is 0. The Kier molecular flexibility index (Phi) is 3.33. The van der Waals surface area contributed by atoms with Crippen molar-refractivity contribution in [3.63, 3.8) is 0 Å². The van der Waals surface area contributed by atoms with E-state index in [1.54, 1.807) is 0 Å². The van der Waals surface area contributed by atoms with Crippen LogP contribution in [0.2, 0.25) is 0 Å². The van der Waals surface area contributed by atoms with Gasteiger partial charge in [-0.3, -0.25) is 14.3 Å². The molecule has 0 aromatic carbocycles. The summed E-state index contributed by atoms with van der Waals surface area (Å²) in [6.07, 6.45) is -4.64. The van der Waals surface area contributed by atoms with Gasteiger partial charge in [-0.2, -0.15) is 0 Å². The van der Waals surface area contributed by atoms with E-state index in [0.29, 0.717) is 0 Å². The SMILES string of the molecule is Cc1cn(C2OC(CO)[C@@H](F)[C@H]2O)c(=O)[nH]c1=O. The summed E-state index contributed by atoms with van der Waals surface area (Å²) < 4.78 is 19.5. The minimum atomic E-state index is -1.79. The van der Waals surface area contributed by atoms with Crippen LogP contribution in [0.15, 0.2) is 15.8 Å². The number of alkyl halides is 1. The fraction of sp³-hybridized carbons (Fsp3) is 0.600. The maximum absolute atomic E-state index is 13.5. The first-order chi connectivity index (χ1) is 8.45. The number of aromatic amines is 1. The lowest BCUT2D eigenvalue weighted by atomic mass is 10.1. The number of rotatable bonds is 2. The maximum Gasteiger partial charge on any atom is 0.330 e. The van der Waals surface area contributed by atoms with E-state index >= 15 is 0 Å². The lowest BCUT2D eigenvalue weighted by molar-refractivity contribution is -0.0538. The molecular weight excluding hydrogens is 247 g/mol. The molecule has 4 atom stereocenters. The Hall–Kier alpha value is -1.51. The van der Waals surface area contributed by atoms with Crippen molar-refractivity contribution < 1.29 is 19.3 Å². The number of halogens is 1. The number of aliphatic hydroxyl groups excluding tert-OH is 2. The molecule has 1 aliphatic heterocycles. The van der Waals surface area contributed by atoms with Crippen LogP contribution in [0.3, 0.4) is 0 Å². The van der Waals surface area contributed by atoms with Crippen LogP contribution in [0.4, 0.5) is 4.39 Å². The topological polar surface area (TPSA) is 105 Å². The number of nitrogens with one attached hydrogen (secondary N) is 1. The molecule has 7 nitrogen and oxygen atoms in total. The molecular formula is C10H13FN2O5. The third-order valence-corrected chi connectivity index (χ3v) is 2.89. The van der Waals surface area contributed by atoms with Gasteiger partial charge in [-0.25, -0.2) is 9.18 Å². The van der Waals surface area contributed by atoms with Gasteiger partial charge in [0.05, 0.1) is 6.61 Å². The van der Waals surface area contributed by atoms with Crippen molar-refractivity contribution in [1.29, 1.82) is 0 Å². The summed E-state index contributed by atoms with van der Waals surface area (Å²) in [5, 5.41) is 18.5. The number of aromatic nitrogens is 2. The number of aryl methyl sites for hydroxylation is 1. The quantitative estimate of drug-likeness (QED) is 0.596. The number of hydrogen-bond donors (Lipinski definition) is 3. The summed E-state index contributed by atoms with van der Waals surface area (Å²) in [6, 6.07) is 0. The van der Waals surface area contributed by atoms with Crippen molar-refractivity contribution in [2.75, 3.05) is 6.61 Å². The molecule has 8 heteroatoms. The second kappa shape index (κ2) is 4.63. The van der Waals surface area contributed by atoms with E-state index in [1.807, 2.05) is 4.98 Å². The first kappa shape index (κ1) is 12.9. The van der Waals surface area contributed by atoms with E-state index in [2.05, 4.69) is 0 Å². The van der Waals surface area contributed by atoms with E-state index in [1.165, 1.54) is 13.1 Å². The highest BCUT2D eigenvalue weighted by molar-refractivity contribution is 5.03. The summed E-state index contributed by atoms with van der Waals surface area (Å²) in [5.74, 6) is 0. The van der Waals surface area contributed by atoms with E-state index in [4.69, 9.17) is 9.84 Å². The van der Waals surface area contributed by atoms with Crippen molar-refractivity contribution in [3.05, 3.63) is 32.6 Å². The Balaban J connectivity index is 2.42. The smallest absolute Gasteiger partial charge is 0.330 e. The maximum atomic E-state index is 13.5. The monoisotopic (exact) mass is 260 g/mol. The summed E-state index contributed by atoms with van der Waals surface area (Å²) in [4.78, 5) is 24.8. The first-order valence-electron chi connectivity index (χ1n) is 5.36. The second-order valence-corrected chi connectivity index (χ2v) is 4.16. The lowest BCUT2D eigenvalue weighted by Gasteiger charge is -2.17. The third kappa shape index (κ3) is 1.98. The molecule has 1 fully saturated rings.